The van der Waals surface area contributed by atoms with Gasteiger partial charge in [-0.2, -0.15) is 0 Å². The molecule has 0 saturated carbocycles. The molecule has 6 nitrogen and oxygen atoms in total. The number of anilines is 1. The number of thiophene rings is 1. The van der Waals surface area contributed by atoms with Crippen LogP contribution in [0.2, 0.25) is 4.34 Å². The monoisotopic (exact) mass is 388 g/mol. The SMILES string of the molecule is O=[N+]([O-])c1ccc(N2CCN(Cc3ccc(Cl)s3)CC2)c2ccncc12. The molecule has 1 aliphatic rings. The third-order valence-corrected chi connectivity index (χ3v) is 5.91. The van der Waals surface area contributed by atoms with Crippen molar-refractivity contribution in [1.82, 2.24) is 9.88 Å². The minimum absolute atomic E-state index is 0.102. The number of non-ortho nitro benzene ring substituents is 1. The lowest BCUT2D eigenvalue weighted by Crippen LogP contribution is -2.45. The number of rotatable bonds is 4. The Hall–Kier alpha value is -2.22. The molecule has 3 heterocycles. The van der Waals surface area contributed by atoms with E-state index >= 15 is 0 Å². The van der Waals surface area contributed by atoms with E-state index in [2.05, 4.69) is 20.9 Å². The van der Waals surface area contributed by atoms with Crippen LogP contribution in [0.4, 0.5) is 11.4 Å². The first-order valence-corrected chi connectivity index (χ1v) is 9.54. The molecule has 0 unspecified atom stereocenters. The molecule has 0 amide bonds. The first kappa shape index (κ1) is 17.2. The van der Waals surface area contributed by atoms with Crippen LogP contribution < -0.4 is 4.90 Å². The van der Waals surface area contributed by atoms with Crippen LogP contribution >= 0.6 is 22.9 Å². The van der Waals surface area contributed by atoms with Gasteiger partial charge in [-0.25, -0.2) is 0 Å². The molecule has 2 aromatic heterocycles. The van der Waals surface area contributed by atoms with E-state index in [-0.39, 0.29) is 10.6 Å². The number of halogens is 1. The molecule has 0 atom stereocenters. The average Bonchev–Trinajstić information content (AvgIpc) is 3.06. The number of pyridine rings is 1. The Morgan fingerprint density at radius 2 is 1.92 bits per heavy atom. The van der Waals surface area contributed by atoms with Gasteiger partial charge in [-0.15, -0.1) is 11.3 Å². The van der Waals surface area contributed by atoms with Crippen molar-refractivity contribution in [3.8, 4) is 0 Å². The first-order chi connectivity index (χ1) is 12.6. The molecule has 1 saturated heterocycles. The van der Waals surface area contributed by atoms with Gasteiger partial charge in [0.05, 0.1) is 14.6 Å². The first-order valence-electron chi connectivity index (χ1n) is 8.34. The Labute approximate surface area is 159 Å². The standard InChI is InChI=1S/C18H17ClN4O2S/c19-18-4-1-13(26-18)12-21-7-9-22(10-8-21)16-2-3-17(23(24)25)15-11-20-6-5-14(15)16/h1-6,11H,7-10,12H2. The highest BCUT2D eigenvalue weighted by Gasteiger charge is 2.22. The van der Waals surface area contributed by atoms with Crippen LogP contribution in [0.5, 0.6) is 0 Å². The lowest BCUT2D eigenvalue weighted by atomic mass is 10.1. The summed E-state index contributed by atoms with van der Waals surface area (Å²) in [5.74, 6) is 0. The van der Waals surface area contributed by atoms with E-state index in [1.165, 1.54) is 4.88 Å². The molecule has 1 aliphatic heterocycles. The van der Waals surface area contributed by atoms with E-state index in [1.54, 1.807) is 29.8 Å². The highest BCUT2D eigenvalue weighted by Crippen LogP contribution is 2.33. The minimum atomic E-state index is -0.349. The second kappa shape index (κ2) is 7.19. The fourth-order valence-electron chi connectivity index (χ4n) is 3.40. The van der Waals surface area contributed by atoms with Crippen molar-refractivity contribution in [3.05, 3.63) is 62.1 Å². The molecule has 0 aliphatic carbocycles. The molecule has 0 N–H and O–H groups in total. The third-order valence-electron chi connectivity index (χ3n) is 4.69. The summed E-state index contributed by atoms with van der Waals surface area (Å²) in [5, 5.41) is 12.7. The quantitative estimate of drug-likeness (QED) is 0.495. The molecule has 134 valence electrons. The van der Waals surface area contributed by atoms with E-state index in [1.807, 2.05) is 18.2 Å². The van der Waals surface area contributed by atoms with Gasteiger partial charge in [0, 0.05) is 67.1 Å². The van der Waals surface area contributed by atoms with Crippen LogP contribution in [-0.4, -0.2) is 41.0 Å². The van der Waals surface area contributed by atoms with E-state index in [0.717, 1.165) is 48.1 Å². The molecule has 0 spiro atoms. The van der Waals surface area contributed by atoms with Crippen LogP contribution in [0.3, 0.4) is 0 Å². The number of benzene rings is 1. The summed E-state index contributed by atoms with van der Waals surface area (Å²) in [4.78, 5) is 21.0. The molecule has 0 radical (unpaired) electrons. The Kier molecular flexibility index (Phi) is 4.76. The molecule has 4 rings (SSSR count). The van der Waals surface area contributed by atoms with E-state index in [0.29, 0.717) is 5.39 Å². The molecular weight excluding hydrogens is 372 g/mol. The smallest absolute Gasteiger partial charge is 0.278 e. The van der Waals surface area contributed by atoms with Crippen LogP contribution in [-0.2, 0) is 6.54 Å². The highest BCUT2D eigenvalue weighted by molar-refractivity contribution is 7.16. The van der Waals surface area contributed by atoms with Crippen molar-refractivity contribution in [2.75, 3.05) is 31.1 Å². The molecule has 1 aromatic carbocycles. The number of nitro groups is 1. The Balaban J connectivity index is 1.53. The predicted molar refractivity (Wildman–Crippen MR) is 105 cm³/mol. The summed E-state index contributed by atoms with van der Waals surface area (Å²) >= 11 is 7.63. The summed E-state index contributed by atoms with van der Waals surface area (Å²) in [6.45, 7) is 4.57. The topological polar surface area (TPSA) is 62.5 Å². The van der Waals surface area contributed by atoms with Crippen molar-refractivity contribution < 1.29 is 4.92 Å². The number of fused-ring (bicyclic) bond motifs is 1. The molecule has 0 bridgehead atoms. The zero-order valence-corrected chi connectivity index (χ0v) is 15.5. The van der Waals surface area contributed by atoms with Crippen molar-refractivity contribution in [2.45, 2.75) is 6.54 Å². The fourth-order valence-corrected chi connectivity index (χ4v) is 4.53. The molecule has 8 heteroatoms. The maximum Gasteiger partial charge on any atom is 0.278 e. The Morgan fingerprint density at radius 1 is 1.12 bits per heavy atom. The van der Waals surface area contributed by atoms with Crippen molar-refractivity contribution >= 4 is 45.1 Å². The van der Waals surface area contributed by atoms with Gasteiger partial charge in [0.15, 0.2) is 0 Å². The molecule has 3 aromatic rings. The van der Waals surface area contributed by atoms with Gasteiger partial charge in [0.25, 0.3) is 5.69 Å². The van der Waals surface area contributed by atoms with Crippen LogP contribution in [0, 0.1) is 10.1 Å². The van der Waals surface area contributed by atoms with E-state index in [4.69, 9.17) is 11.6 Å². The van der Waals surface area contributed by atoms with Gasteiger partial charge in [-0.05, 0) is 24.3 Å². The Bertz CT molecular complexity index is 953. The summed E-state index contributed by atoms with van der Waals surface area (Å²) < 4.78 is 0.824. The van der Waals surface area contributed by atoms with Crippen LogP contribution in [0.25, 0.3) is 10.8 Å². The molecule has 1 fully saturated rings. The van der Waals surface area contributed by atoms with Crippen molar-refractivity contribution in [1.29, 1.82) is 0 Å². The number of nitro benzene ring substituents is 1. The van der Waals surface area contributed by atoms with Gasteiger partial charge >= 0.3 is 0 Å². The number of nitrogens with zero attached hydrogens (tertiary/aromatic N) is 4. The molecular formula is C18H17ClN4O2S. The largest absolute Gasteiger partial charge is 0.368 e. The van der Waals surface area contributed by atoms with E-state index in [9.17, 15) is 10.1 Å². The fraction of sp³-hybridized carbons (Fsp3) is 0.278. The lowest BCUT2D eigenvalue weighted by Gasteiger charge is -2.36. The highest BCUT2D eigenvalue weighted by atomic mass is 35.5. The second-order valence-electron chi connectivity index (χ2n) is 6.25. The summed E-state index contributed by atoms with van der Waals surface area (Å²) in [5.41, 5.74) is 1.14. The predicted octanol–water partition coefficient (Wildman–Crippen LogP) is 4.18. The average molecular weight is 389 g/mol. The summed E-state index contributed by atoms with van der Waals surface area (Å²) in [7, 11) is 0. The maximum atomic E-state index is 11.3. The third kappa shape index (κ3) is 3.38. The number of piperazine rings is 1. The number of hydrogen-bond donors (Lipinski definition) is 0. The van der Waals surface area contributed by atoms with Gasteiger partial charge in [-0.3, -0.25) is 20.0 Å². The number of hydrogen-bond acceptors (Lipinski definition) is 6. The summed E-state index contributed by atoms with van der Waals surface area (Å²) in [6, 6.07) is 9.32. The molecule has 26 heavy (non-hydrogen) atoms. The van der Waals surface area contributed by atoms with Gasteiger partial charge < -0.3 is 4.90 Å². The lowest BCUT2D eigenvalue weighted by molar-refractivity contribution is -0.383. The summed E-state index contributed by atoms with van der Waals surface area (Å²) in [6.07, 6.45) is 3.26. The zero-order chi connectivity index (χ0) is 18.1. The maximum absolute atomic E-state index is 11.3. The van der Waals surface area contributed by atoms with Crippen LogP contribution in [0.15, 0.2) is 42.7 Å². The van der Waals surface area contributed by atoms with Crippen molar-refractivity contribution in [3.63, 3.8) is 0 Å². The van der Waals surface area contributed by atoms with Crippen molar-refractivity contribution in [2.24, 2.45) is 0 Å². The second-order valence-corrected chi connectivity index (χ2v) is 8.05. The zero-order valence-electron chi connectivity index (χ0n) is 14.0. The van der Waals surface area contributed by atoms with Crippen LogP contribution in [0.1, 0.15) is 4.88 Å². The minimum Gasteiger partial charge on any atom is -0.368 e. The van der Waals surface area contributed by atoms with Gasteiger partial charge in [0.2, 0.25) is 0 Å². The van der Waals surface area contributed by atoms with Gasteiger partial charge in [0.1, 0.15) is 0 Å². The number of aromatic nitrogens is 1. The van der Waals surface area contributed by atoms with E-state index < -0.39 is 0 Å². The van der Waals surface area contributed by atoms with Gasteiger partial charge in [-0.1, -0.05) is 11.6 Å². The Morgan fingerprint density at radius 3 is 2.62 bits per heavy atom. The normalized spacial score (nSPS) is 15.5.